The van der Waals surface area contributed by atoms with E-state index in [2.05, 4.69) is 0 Å². The van der Waals surface area contributed by atoms with Gasteiger partial charge in [-0.2, -0.15) is 0 Å². The van der Waals surface area contributed by atoms with Crippen molar-refractivity contribution in [2.24, 2.45) is 0 Å². The molecule has 1 heterocycles. The van der Waals surface area contributed by atoms with Crippen molar-refractivity contribution in [1.29, 1.82) is 0 Å². The number of halogens is 1. The number of hydrogen-bond acceptors (Lipinski definition) is 1. The van der Waals surface area contributed by atoms with Gasteiger partial charge in [-0.15, -0.1) is 9.60 Å². The molecule has 1 aliphatic heterocycles. The number of benzene rings is 1. The van der Waals surface area contributed by atoms with Gasteiger partial charge in [0.2, 0.25) is 0 Å². The zero-order chi connectivity index (χ0) is 8.77. The molecule has 64 valence electrons. The maximum absolute atomic E-state index is 13.1. The Labute approximate surface area is 71.7 Å². The van der Waals surface area contributed by atoms with Crippen molar-refractivity contribution in [3.05, 3.63) is 35.9 Å². The summed E-state index contributed by atoms with van der Waals surface area (Å²) in [5.74, 6) is 0. The van der Waals surface area contributed by atoms with Gasteiger partial charge in [0, 0.05) is 0 Å². The minimum absolute atomic E-state index is 0.0138. The van der Waals surface area contributed by atoms with Crippen LogP contribution in [-0.2, 0) is 5.54 Å². The summed E-state index contributed by atoms with van der Waals surface area (Å²) < 4.78 is 13.1. The molecular formula is C10H12FN. The predicted octanol–water partition coefficient (Wildman–Crippen LogP) is 2.49. The van der Waals surface area contributed by atoms with Gasteiger partial charge in [-0.25, -0.2) is 0 Å². The Morgan fingerprint density at radius 2 is 1.83 bits per heavy atom. The highest BCUT2D eigenvalue weighted by Gasteiger charge is 2.59. The third-order valence-corrected chi connectivity index (χ3v) is 2.89. The Morgan fingerprint density at radius 1 is 1.33 bits per heavy atom. The Balaban J connectivity index is 2.34. The summed E-state index contributed by atoms with van der Waals surface area (Å²) in [5.41, 5.74) is 0.682. The van der Waals surface area contributed by atoms with Crippen LogP contribution in [-0.4, -0.2) is 11.2 Å². The average Bonchev–Trinajstić information content (AvgIpc) is 2.60. The van der Waals surface area contributed by atoms with Crippen molar-refractivity contribution in [1.82, 2.24) is 5.12 Å². The number of hydrogen-bond donors (Lipinski definition) is 0. The van der Waals surface area contributed by atoms with E-state index in [1.165, 1.54) is 0 Å². The summed E-state index contributed by atoms with van der Waals surface area (Å²) in [6, 6.07) is 9.79. The van der Waals surface area contributed by atoms with Crippen molar-refractivity contribution in [2.75, 3.05) is 0 Å². The van der Waals surface area contributed by atoms with E-state index in [1.807, 2.05) is 44.2 Å². The van der Waals surface area contributed by atoms with Crippen molar-refractivity contribution in [3.63, 3.8) is 0 Å². The molecule has 2 heteroatoms. The molecule has 0 N–H and O–H groups in total. The van der Waals surface area contributed by atoms with Crippen molar-refractivity contribution in [3.8, 4) is 0 Å². The minimum atomic E-state index is -0.374. The van der Waals surface area contributed by atoms with E-state index in [0.717, 1.165) is 10.7 Å². The quantitative estimate of drug-likeness (QED) is 0.456. The first-order valence-electron chi connectivity index (χ1n) is 4.18. The molecule has 0 radical (unpaired) electrons. The van der Waals surface area contributed by atoms with Gasteiger partial charge < -0.3 is 0 Å². The van der Waals surface area contributed by atoms with E-state index in [9.17, 15) is 4.48 Å². The number of nitrogens with zero attached hydrogens (tertiary/aromatic N) is 1. The van der Waals surface area contributed by atoms with Crippen LogP contribution in [0, 0.1) is 0 Å². The summed E-state index contributed by atoms with van der Waals surface area (Å²) in [6.45, 7) is 3.82. The zero-order valence-electron chi connectivity index (χ0n) is 7.29. The van der Waals surface area contributed by atoms with Gasteiger partial charge in [-0.3, -0.25) is 0 Å². The molecule has 0 bridgehead atoms. The van der Waals surface area contributed by atoms with Gasteiger partial charge in [-0.05, 0) is 19.4 Å². The van der Waals surface area contributed by atoms with Crippen LogP contribution >= 0.6 is 0 Å². The fourth-order valence-corrected chi connectivity index (χ4v) is 1.65. The normalized spacial score (nSPS) is 39.6. The topological polar surface area (TPSA) is 3.01 Å². The molecule has 1 fully saturated rings. The van der Waals surface area contributed by atoms with Gasteiger partial charge >= 0.3 is 0 Å². The van der Waals surface area contributed by atoms with Crippen LogP contribution < -0.4 is 0 Å². The second-order valence-electron chi connectivity index (χ2n) is 3.50. The minimum Gasteiger partial charge on any atom is -0.133 e. The van der Waals surface area contributed by atoms with Crippen molar-refractivity contribution >= 4 is 0 Å². The molecule has 12 heavy (non-hydrogen) atoms. The molecule has 0 amide bonds. The summed E-state index contributed by atoms with van der Waals surface area (Å²) in [4.78, 5) is 0. The summed E-state index contributed by atoms with van der Waals surface area (Å²) in [6.07, 6.45) is 0. The molecule has 3 unspecified atom stereocenters. The highest BCUT2D eigenvalue weighted by molar-refractivity contribution is 5.31. The standard InChI is InChI=1S/C10H12FN/c1-8-10(2,12(8)11)9-6-4-3-5-7-9/h3-8H,1-2H3. The van der Waals surface area contributed by atoms with E-state index < -0.39 is 0 Å². The second kappa shape index (κ2) is 2.30. The van der Waals surface area contributed by atoms with Crippen LogP contribution in [0.1, 0.15) is 19.4 Å². The molecule has 0 saturated carbocycles. The van der Waals surface area contributed by atoms with Gasteiger partial charge in [-0.1, -0.05) is 30.3 Å². The molecule has 1 aromatic carbocycles. The van der Waals surface area contributed by atoms with Crippen LogP contribution in [0.25, 0.3) is 0 Å². The SMILES string of the molecule is CC1N(F)C1(C)c1ccccc1. The van der Waals surface area contributed by atoms with Crippen LogP contribution in [0.2, 0.25) is 0 Å². The second-order valence-corrected chi connectivity index (χ2v) is 3.50. The van der Waals surface area contributed by atoms with Crippen molar-refractivity contribution in [2.45, 2.75) is 25.4 Å². The van der Waals surface area contributed by atoms with Gasteiger partial charge in [0.1, 0.15) is 0 Å². The fourth-order valence-electron chi connectivity index (χ4n) is 1.65. The Bertz CT molecular complexity index is 275. The third-order valence-electron chi connectivity index (χ3n) is 2.89. The first-order valence-corrected chi connectivity index (χ1v) is 4.18. The molecule has 1 nitrogen and oxygen atoms in total. The zero-order valence-corrected chi connectivity index (χ0v) is 7.29. The largest absolute Gasteiger partial charge is 0.133 e. The Hall–Kier alpha value is -0.890. The molecule has 0 aliphatic carbocycles. The monoisotopic (exact) mass is 165 g/mol. The lowest BCUT2D eigenvalue weighted by molar-refractivity contribution is 0.126. The maximum atomic E-state index is 13.1. The molecule has 0 aromatic heterocycles. The van der Waals surface area contributed by atoms with Crippen LogP contribution in [0.5, 0.6) is 0 Å². The molecular weight excluding hydrogens is 153 g/mol. The number of rotatable bonds is 1. The van der Waals surface area contributed by atoms with Crippen LogP contribution in [0.15, 0.2) is 30.3 Å². The fraction of sp³-hybridized carbons (Fsp3) is 0.400. The summed E-state index contributed by atoms with van der Waals surface area (Å²) in [7, 11) is 0. The van der Waals surface area contributed by atoms with Gasteiger partial charge in [0.15, 0.2) is 0 Å². The van der Waals surface area contributed by atoms with Crippen molar-refractivity contribution < 1.29 is 4.48 Å². The van der Waals surface area contributed by atoms with Gasteiger partial charge in [0.05, 0.1) is 11.6 Å². The molecule has 3 atom stereocenters. The van der Waals surface area contributed by atoms with Crippen LogP contribution in [0.3, 0.4) is 0 Å². The molecule has 1 saturated heterocycles. The van der Waals surface area contributed by atoms with E-state index in [4.69, 9.17) is 0 Å². The highest BCUT2D eigenvalue weighted by Crippen LogP contribution is 2.49. The Kier molecular flexibility index (Phi) is 1.48. The smallest absolute Gasteiger partial charge is 0.0915 e. The summed E-state index contributed by atoms with van der Waals surface area (Å²) in [5, 5.41) is 0.891. The maximum Gasteiger partial charge on any atom is 0.0915 e. The summed E-state index contributed by atoms with van der Waals surface area (Å²) >= 11 is 0. The van der Waals surface area contributed by atoms with E-state index in [0.29, 0.717) is 0 Å². The first-order chi connectivity index (χ1) is 5.67. The van der Waals surface area contributed by atoms with Gasteiger partial charge in [0.25, 0.3) is 0 Å². The van der Waals surface area contributed by atoms with E-state index in [-0.39, 0.29) is 11.6 Å². The van der Waals surface area contributed by atoms with E-state index >= 15 is 0 Å². The molecule has 1 aromatic rings. The van der Waals surface area contributed by atoms with Crippen LogP contribution in [0.4, 0.5) is 4.48 Å². The first kappa shape index (κ1) is 7.74. The highest BCUT2D eigenvalue weighted by atomic mass is 19.2. The predicted molar refractivity (Wildman–Crippen MR) is 46.2 cm³/mol. The third kappa shape index (κ3) is 0.815. The molecule has 0 spiro atoms. The lowest BCUT2D eigenvalue weighted by Gasteiger charge is -2.06. The molecule has 1 aliphatic rings. The lowest BCUT2D eigenvalue weighted by atomic mass is 9.98. The molecule has 2 rings (SSSR count). The van der Waals surface area contributed by atoms with E-state index in [1.54, 1.807) is 0 Å². The average molecular weight is 165 g/mol. The Morgan fingerprint density at radius 3 is 2.25 bits per heavy atom. The lowest BCUT2D eigenvalue weighted by Crippen LogP contribution is -2.07.